The summed E-state index contributed by atoms with van der Waals surface area (Å²) in [5.74, 6) is 1.34. The lowest BCUT2D eigenvalue weighted by molar-refractivity contribution is 0.103. The normalized spacial score (nSPS) is 12.3. The number of aromatic nitrogens is 1. The zero-order valence-corrected chi connectivity index (χ0v) is 16.4. The predicted molar refractivity (Wildman–Crippen MR) is 109 cm³/mol. The van der Waals surface area contributed by atoms with Crippen LogP contribution in [0.1, 0.15) is 37.0 Å². The summed E-state index contributed by atoms with van der Waals surface area (Å²) in [6.07, 6.45) is 6.04. The average molecular weight is 384 g/mol. The van der Waals surface area contributed by atoms with Crippen LogP contribution < -0.4 is 14.8 Å². The van der Waals surface area contributed by atoms with Crippen LogP contribution in [0.3, 0.4) is 0 Å². The van der Waals surface area contributed by atoms with E-state index >= 15 is 0 Å². The summed E-state index contributed by atoms with van der Waals surface area (Å²) >= 11 is 0. The molecular formula is C22H28N2O4. The van der Waals surface area contributed by atoms with Crippen molar-refractivity contribution in [3.63, 3.8) is 0 Å². The molecule has 0 radical (unpaired) electrons. The van der Waals surface area contributed by atoms with Gasteiger partial charge in [-0.25, -0.2) is 0 Å². The number of carbonyl (C=O) groups excluding carboxylic acids is 1. The second-order valence-corrected chi connectivity index (χ2v) is 6.45. The van der Waals surface area contributed by atoms with Crippen LogP contribution in [0.4, 0.5) is 0 Å². The number of nitrogens with one attached hydrogen (secondary N) is 1. The van der Waals surface area contributed by atoms with Crippen LogP contribution in [0, 0.1) is 0 Å². The van der Waals surface area contributed by atoms with Gasteiger partial charge in [0.2, 0.25) is 0 Å². The molecule has 0 spiro atoms. The molecule has 0 bridgehead atoms. The topological polar surface area (TPSA) is 80.7 Å². The Balaban J connectivity index is 1.71. The first-order valence-corrected chi connectivity index (χ1v) is 9.48. The highest BCUT2D eigenvalue weighted by Gasteiger charge is 2.07. The van der Waals surface area contributed by atoms with Gasteiger partial charge >= 0.3 is 0 Å². The van der Waals surface area contributed by atoms with Gasteiger partial charge in [0.05, 0.1) is 6.61 Å². The monoisotopic (exact) mass is 384 g/mol. The molecule has 2 aromatic rings. The Morgan fingerprint density at radius 2 is 1.93 bits per heavy atom. The Labute approximate surface area is 166 Å². The summed E-state index contributed by atoms with van der Waals surface area (Å²) in [7, 11) is 0. The van der Waals surface area contributed by atoms with Gasteiger partial charge in [0.15, 0.2) is 5.78 Å². The maximum absolute atomic E-state index is 12.1. The smallest absolute Gasteiger partial charge is 0.189 e. The fraction of sp³-hybridized carbons (Fsp3) is 0.364. The molecule has 0 saturated carbocycles. The van der Waals surface area contributed by atoms with Crippen molar-refractivity contribution in [1.29, 1.82) is 0 Å². The molecule has 150 valence electrons. The molecule has 0 amide bonds. The van der Waals surface area contributed by atoms with Gasteiger partial charge in [-0.15, -0.1) is 0 Å². The van der Waals surface area contributed by atoms with E-state index in [0.717, 1.165) is 18.6 Å². The number of unbranched alkanes of at least 4 members (excludes halogenated alkanes) is 1. The number of rotatable bonds is 12. The molecule has 1 atom stereocenters. The average Bonchev–Trinajstić information content (AvgIpc) is 2.72. The van der Waals surface area contributed by atoms with Crippen molar-refractivity contribution in [3.05, 3.63) is 66.1 Å². The van der Waals surface area contributed by atoms with E-state index < -0.39 is 6.10 Å². The number of aliphatic hydroxyl groups excluding tert-OH is 1. The molecular weight excluding hydrogens is 356 g/mol. The molecule has 1 heterocycles. The lowest BCUT2D eigenvalue weighted by atomic mass is 10.1. The molecule has 0 fully saturated rings. The molecule has 2 N–H and O–H groups in total. The lowest BCUT2D eigenvalue weighted by Crippen LogP contribution is -2.30. The zero-order valence-electron chi connectivity index (χ0n) is 16.4. The molecule has 0 aliphatic carbocycles. The van der Waals surface area contributed by atoms with Crippen molar-refractivity contribution in [3.8, 4) is 11.5 Å². The Morgan fingerprint density at radius 3 is 2.57 bits per heavy atom. The maximum Gasteiger partial charge on any atom is 0.189 e. The molecule has 1 unspecified atom stereocenters. The first-order valence-electron chi connectivity index (χ1n) is 9.48. The highest BCUT2D eigenvalue weighted by atomic mass is 16.5. The Hall–Kier alpha value is -2.86. The highest BCUT2D eigenvalue weighted by Crippen LogP contribution is 2.18. The second kappa shape index (κ2) is 11.8. The SMILES string of the molecule is CCCCOc1ccc(OCC(O)CN/C(C)=C/C(=O)c2cccnc2)cc1. The van der Waals surface area contributed by atoms with Crippen LogP contribution in [-0.2, 0) is 0 Å². The van der Waals surface area contributed by atoms with Crippen molar-refractivity contribution in [2.45, 2.75) is 32.8 Å². The molecule has 6 heteroatoms. The fourth-order valence-electron chi connectivity index (χ4n) is 2.34. The van der Waals surface area contributed by atoms with E-state index in [4.69, 9.17) is 9.47 Å². The Kier molecular flexibility index (Phi) is 9.01. The molecule has 2 rings (SSSR count). The van der Waals surface area contributed by atoms with Gasteiger partial charge in [-0.05, 0) is 49.7 Å². The first-order chi connectivity index (χ1) is 13.6. The number of benzene rings is 1. The van der Waals surface area contributed by atoms with Gasteiger partial charge in [0.25, 0.3) is 0 Å². The summed E-state index contributed by atoms with van der Waals surface area (Å²) in [5, 5.41) is 13.1. The summed E-state index contributed by atoms with van der Waals surface area (Å²) in [4.78, 5) is 16.0. The Bertz CT molecular complexity index is 745. The number of nitrogens with zero attached hydrogens (tertiary/aromatic N) is 1. The van der Waals surface area contributed by atoms with E-state index in [-0.39, 0.29) is 18.9 Å². The fourth-order valence-corrected chi connectivity index (χ4v) is 2.34. The van der Waals surface area contributed by atoms with Crippen molar-refractivity contribution in [2.24, 2.45) is 0 Å². The van der Waals surface area contributed by atoms with E-state index in [1.165, 1.54) is 12.3 Å². The summed E-state index contributed by atoms with van der Waals surface area (Å²) in [6.45, 7) is 5.03. The third kappa shape index (κ3) is 7.80. The number of ether oxygens (including phenoxy) is 2. The molecule has 1 aromatic carbocycles. The number of hydrogen-bond donors (Lipinski definition) is 2. The minimum Gasteiger partial charge on any atom is -0.494 e. The molecule has 1 aromatic heterocycles. The standard InChI is InChI=1S/C22H28N2O4/c1-3-4-12-27-20-7-9-21(10-8-20)28-16-19(25)15-24-17(2)13-22(26)18-6-5-11-23-14-18/h5-11,13-14,19,24-25H,3-4,12,15-16H2,1-2H3/b17-13+. The van der Waals surface area contributed by atoms with Gasteiger partial charge < -0.3 is 19.9 Å². The lowest BCUT2D eigenvalue weighted by Gasteiger charge is -2.14. The number of ketones is 1. The van der Waals surface area contributed by atoms with Crippen LogP contribution in [0.5, 0.6) is 11.5 Å². The molecule has 0 aliphatic rings. The minimum absolute atomic E-state index is 0.134. The highest BCUT2D eigenvalue weighted by molar-refractivity contribution is 6.04. The predicted octanol–water partition coefficient (Wildman–Crippen LogP) is 3.38. The maximum atomic E-state index is 12.1. The van der Waals surface area contributed by atoms with Crippen molar-refractivity contribution in [2.75, 3.05) is 19.8 Å². The first kappa shape index (κ1) is 21.4. The molecule has 0 saturated heterocycles. The van der Waals surface area contributed by atoms with Crippen LogP contribution in [0.25, 0.3) is 0 Å². The Morgan fingerprint density at radius 1 is 1.21 bits per heavy atom. The van der Waals surface area contributed by atoms with Crippen molar-refractivity contribution >= 4 is 5.78 Å². The van der Waals surface area contributed by atoms with Gasteiger partial charge in [-0.2, -0.15) is 0 Å². The van der Waals surface area contributed by atoms with Gasteiger partial charge in [-0.3, -0.25) is 9.78 Å². The third-order valence-corrected chi connectivity index (χ3v) is 3.94. The summed E-state index contributed by atoms with van der Waals surface area (Å²) in [6, 6.07) is 10.8. The number of hydrogen-bond acceptors (Lipinski definition) is 6. The van der Waals surface area contributed by atoms with Crippen molar-refractivity contribution < 1.29 is 19.4 Å². The minimum atomic E-state index is -0.711. The van der Waals surface area contributed by atoms with E-state index in [0.29, 0.717) is 23.6 Å². The summed E-state index contributed by atoms with van der Waals surface area (Å²) < 4.78 is 11.2. The molecule has 28 heavy (non-hydrogen) atoms. The van der Waals surface area contributed by atoms with E-state index in [9.17, 15) is 9.90 Å². The summed E-state index contributed by atoms with van der Waals surface area (Å²) in [5.41, 5.74) is 1.19. The van der Waals surface area contributed by atoms with Crippen LogP contribution in [-0.4, -0.2) is 41.7 Å². The van der Waals surface area contributed by atoms with Crippen LogP contribution >= 0.6 is 0 Å². The number of aliphatic hydroxyl groups is 1. The number of allylic oxidation sites excluding steroid dienone is 2. The third-order valence-electron chi connectivity index (χ3n) is 3.94. The van der Waals surface area contributed by atoms with Crippen LogP contribution in [0.2, 0.25) is 0 Å². The van der Waals surface area contributed by atoms with Crippen LogP contribution in [0.15, 0.2) is 60.6 Å². The van der Waals surface area contributed by atoms with E-state index in [1.807, 2.05) is 24.3 Å². The molecule has 6 nitrogen and oxygen atoms in total. The number of pyridine rings is 1. The van der Waals surface area contributed by atoms with Gasteiger partial charge in [-0.1, -0.05) is 13.3 Å². The van der Waals surface area contributed by atoms with E-state index in [1.54, 1.807) is 25.3 Å². The van der Waals surface area contributed by atoms with Gasteiger partial charge in [0, 0.05) is 36.3 Å². The largest absolute Gasteiger partial charge is 0.494 e. The second-order valence-electron chi connectivity index (χ2n) is 6.45. The van der Waals surface area contributed by atoms with E-state index in [2.05, 4.69) is 17.2 Å². The number of carbonyl (C=O) groups is 1. The van der Waals surface area contributed by atoms with Gasteiger partial charge in [0.1, 0.15) is 24.2 Å². The van der Waals surface area contributed by atoms with Crippen molar-refractivity contribution in [1.82, 2.24) is 10.3 Å². The quantitative estimate of drug-likeness (QED) is 0.332. The zero-order chi connectivity index (χ0) is 20.2. The molecule has 0 aliphatic heterocycles.